The first-order chi connectivity index (χ1) is 13.2. The predicted molar refractivity (Wildman–Crippen MR) is 105 cm³/mol. The van der Waals surface area contributed by atoms with Crippen molar-refractivity contribution in [3.63, 3.8) is 0 Å². The fourth-order valence-corrected chi connectivity index (χ4v) is 3.10. The fraction of sp³-hybridized carbons (Fsp3) is 0.174. The third-order valence-electron chi connectivity index (χ3n) is 4.56. The molecule has 0 spiro atoms. The van der Waals surface area contributed by atoms with Crippen molar-refractivity contribution in [1.29, 1.82) is 0 Å². The zero-order valence-electron chi connectivity index (χ0n) is 15.6. The van der Waals surface area contributed by atoms with Crippen LogP contribution in [0.4, 0.5) is 0 Å². The maximum Gasteiger partial charge on any atom is 0.337 e. The van der Waals surface area contributed by atoms with Gasteiger partial charge in [0.2, 0.25) is 0 Å². The summed E-state index contributed by atoms with van der Waals surface area (Å²) >= 11 is 0. The molecule has 0 fully saturated rings. The molecule has 0 bridgehead atoms. The van der Waals surface area contributed by atoms with Gasteiger partial charge in [-0.3, -0.25) is 0 Å². The van der Waals surface area contributed by atoms with Crippen LogP contribution in [0.15, 0.2) is 72.8 Å². The first kappa shape index (κ1) is 18.5. The molecule has 3 aromatic rings. The number of carbonyl (C=O) groups excluding carboxylic acids is 1. The number of carbonyl (C=O) groups is 1. The molecule has 4 nitrogen and oxygen atoms in total. The van der Waals surface area contributed by atoms with Gasteiger partial charge in [-0.2, -0.15) is 0 Å². The molecule has 0 radical (unpaired) electrons. The molecular weight excluding hydrogens is 340 g/mol. The van der Waals surface area contributed by atoms with Gasteiger partial charge in [-0.15, -0.1) is 0 Å². The largest absolute Gasteiger partial charge is 0.497 e. The van der Waals surface area contributed by atoms with Gasteiger partial charge >= 0.3 is 5.97 Å². The smallest absolute Gasteiger partial charge is 0.337 e. The van der Waals surface area contributed by atoms with Crippen LogP contribution in [0.2, 0.25) is 0 Å². The highest BCUT2D eigenvalue weighted by Crippen LogP contribution is 2.34. The van der Waals surface area contributed by atoms with Crippen molar-refractivity contribution < 1.29 is 19.0 Å². The molecule has 0 aliphatic carbocycles. The molecule has 0 heterocycles. The normalized spacial score (nSPS) is 10.5. The molecule has 0 aliphatic heterocycles. The van der Waals surface area contributed by atoms with Gasteiger partial charge in [-0.05, 0) is 53.1 Å². The van der Waals surface area contributed by atoms with Crippen LogP contribution in [-0.2, 0) is 4.74 Å². The average molecular weight is 362 g/mol. The zero-order chi connectivity index (χ0) is 19.2. The fourth-order valence-electron chi connectivity index (χ4n) is 3.10. The second kappa shape index (κ2) is 8.41. The van der Waals surface area contributed by atoms with Crippen molar-refractivity contribution >= 4 is 5.97 Å². The summed E-state index contributed by atoms with van der Waals surface area (Å²) in [4.78, 5) is 11.7. The van der Waals surface area contributed by atoms with Gasteiger partial charge in [0.1, 0.15) is 11.5 Å². The molecule has 4 heteroatoms. The molecule has 0 saturated heterocycles. The molecular formula is C23H22O4. The lowest BCUT2D eigenvalue weighted by Crippen LogP contribution is -2.05. The third kappa shape index (κ3) is 4.11. The minimum absolute atomic E-state index is 0.0218. The summed E-state index contributed by atoms with van der Waals surface area (Å²) in [7, 11) is 4.69. The van der Waals surface area contributed by atoms with Crippen molar-refractivity contribution in [3.8, 4) is 11.5 Å². The van der Waals surface area contributed by atoms with E-state index in [0.29, 0.717) is 5.56 Å². The van der Waals surface area contributed by atoms with Gasteiger partial charge in [0.25, 0.3) is 0 Å². The summed E-state index contributed by atoms with van der Waals surface area (Å²) in [5, 5.41) is 0. The molecule has 3 rings (SSSR count). The van der Waals surface area contributed by atoms with Crippen LogP contribution < -0.4 is 9.47 Å². The van der Waals surface area contributed by atoms with Crippen LogP contribution in [0, 0.1) is 0 Å². The molecule has 0 amide bonds. The number of benzene rings is 3. The minimum Gasteiger partial charge on any atom is -0.497 e. The van der Waals surface area contributed by atoms with Gasteiger partial charge in [-0.1, -0.05) is 36.4 Å². The Balaban J connectivity index is 2.03. The Labute approximate surface area is 159 Å². The lowest BCUT2D eigenvalue weighted by molar-refractivity contribution is 0.0600. The second-order valence-corrected chi connectivity index (χ2v) is 6.09. The van der Waals surface area contributed by atoms with E-state index in [9.17, 15) is 4.79 Å². The highest BCUT2D eigenvalue weighted by atomic mass is 16.5. The summed E-state index contributed by atoms with van der Waals surface area (Å²) in [6, 6.07) is 23.6. The highest BCUT2D eigenvalue weighted by molar-refractivity contribution is 5.89. The quantitative estimate of drug-likeness (QED) is 0.472. The van der Waals surface area contributed by atoms with E-state index in [-0.39, 0.29) is 11.9 Å². The van der Waals surface area contributed by atoms with E-state index in [0.717, 1.165) is 28.2 Å². The first-order valence-corrected chi connectivity index (χ1v) is 8.62. The number of ether oxygens (including phenoxy) is 3. The Morgan fingerprint density at radius 1 is 0.630 bits per heavy atom. The van der Waals surface area contributed by atoms with Crippen molar-refractivity contribution in [2.75, 3.05) is 21.3 Å². The Hall–Kier alpha value is -3.27. The molecule has 3 aromatic carbocycles. The molecule has 138 valence electrons. The second-order valence-electron chi connectivity index (χ2n) is 6.09. The highest BCUT2D eigenvalue weighted by Gasteiger charge is 2.18. The minimum atomic E-state index is -0.341. The Morgan fingerprint density at radius 2 is 1.00 bits per heavy atom. The Bertz CT molecular complexity index is 834. The predicted octanol–water partition coefficient (Wildman–Crippen LogP) is 4.67. The lowest BCUT2D eigenvalue weighted by atomic mass is 9.85. The molecule has 27 heavy (non-hydrogen) atoms. The lowest BCUT2D eigenvalue weighted by Gasteiger charge is -2.20. The van der Waals surface area contributed by atoms with E-state index < -0.39 is 0 Å². The van der Waals surface area contributed by atoms with Crippen LogP contribution >= 0.6 is 0 Å². The van der Waals surface area contributed by atoms with Crippen LogP contribution in [0.3, 0.4) is 0 Å². The van der Waals surface area contributed by atoms with Gasteiger partial charge in [-0.25, -0.2) is 4.79 Å². The summed E-state index contributed by atoms with van der Waals surface area (Å²) in [5.74, 6) is 1.31. The number of rotatable bonds is 6. The van der Waals surface area contributed by atoms with Gasteiger partial charge in [0.05, 0.1) is 26.9 Å². The third-order valence-corrected chi connectivity index (χ3v) is 4.56. The number of esters is 1. The molecule has 0 aromatic heterocycles. The zero-order valence-corrected chi connectivity index (χ0v) is 15.6. The number of methoxy groups -OCH3 is 3. The average Bonchev–Trinajstić information content (AvgIpc) is 2.75. The maximum absolute atomic E-state index is 11.7. The van der Waals surface area contributed by atoms with Crippen LogP contribution in [-0.4, -0.2) is 27.3 Å². The van der Waals surface area contributed by atoms with Crippen LogP contribution in [0.25, 0.3) is 0 Å². The molecule has 0 aliphatic rings. The summed E-state index contributed by atoms with van der Waals surface area (Å²) in [5.41, 5.74) is 3.88. The van der Waals surface area contributed by atoms with E-state index in [4.69, 9.17) is 14.2 Å². The van der Waals surface area contributed by atoms with Crippen molar-refractivity contribution in [2.45, 2.75) is 5.92 Å². The van der Waals surface area contributed by atoms with Crippen molar-refractivity contribution in [3.05, 3.63) is 95.1 Å². The standard InChI is InChI=1S/C23H22O4/c1-25-20-12-8-17(9-13-20)22(18-10-14-21(26-2)15-11-18)16-4-6-19(7-5-16)23(24)27-3/h4-15,22H,1-3H3. The van der Waals surface area contributed by atoms with E-state index in [1.54, 1.807) is 26.4 Å². The summed E-state index contributed by atoms with van der Waals surface area (Å²) in [6.45, 7) is 0. The van der Waals surface area contributed by atoms with Gasteiger partial charge in [0, 0.05) is 5.92 Å². The van der Waals surface area contributed by atoms with E-state index in [1.165, 1.54) is 7.11 Å². The molecule has 0 unspecified atom stereocenters. The molecule has 0 atom stereocenters. The molecule has 0 saturated carbocycles. The Morgan fingerprint density at radius 3 is 1.33 bits per heavy atom. The van der Waals surface area contributed by atoms with Gasteiger partial charge in [0.15, 0.2) is 0 Å². The summed E-state index contributed by atoms with van der Waals surface area (Å²) in [6.07, 6.45) is 0. The van der Waals surface area contributed by atoms with E-state index in [1.807, 2.05) is 36.4 Å². The topological polar surface area (TPSA) is 44.8 Å². The Kier molecular flexibility index (Phi) is 5.77. The van der Waals surface area contributed by atoms with E-state index >= 15 is 0 Å². The summed E-state index contributed by atoms with van der Waals surface area (Å²) < 4.78 is 15.3. The van der Waals surface area contributed by atoms with Crippen molar-refractivity contribution in [2.24, 2.45) is 0 Å². The van der Waals surface area contributed by atoms with Gasteiger partial charge < -0.3 is 14.2 Å². The monoisotopic (exact) mass is 362 g/mol. The van der Waals surface area contributed by atoms with Crippen LogP contribution in [0.5, 0.6) is 11.5 Å². The number of hydrogen-bond acceptors (Lipinski definition) is 4. The van der Waals surface area contributed by atoms with Crippen molar-refractivity contribution in [1.82, 2.24) is 0 Å². The first-order valence-electron chi connectivity index (χ1n) is 8.62. The maximum atomic E-state index is 11.7. The SMILES string of the molecule is COC(=O)c1ccc(C(c2ccc(OC)cc2)c2ccc(OC)cc2)cc1. The van der Waals surface area contributed by atoms with Crippen LogP contribution in [0.1, 0.15) is 33.0 Å². The van der Waals surface area contributed by atoms with E-state index in [2.05, 4.69) is 24.3 Å². The molecule has 0 N–H and O–H groups in total. The number of hydrogen-bond donors (Lipinski definition) is 0.